The van der Waals surface area contributed by atoms with E-state index in [4.69, 9.17) is 11.6 Å². The molecule has 0 bridgehead atoms. The first-order chi connectivity index (χ1) is 8.58. The molecule has 1 unspecified atom stereocenters. The number of halogens is 1. The summed E-state index contributed by atoms with van der Waals surface area (Å²) >= 11 is 5.75. The number of rotatable bonds is 3. The first kappa shape index (κ1) is 13.8. The minimum absolute atomic E-state index is 0.0145. The van der Waals surface area contributed by atoms with Crippen molar-refractivity contribution in [1.29, 1.82) is 0 Å². The highest BCUT2D eigenvalue weighted by Crippen LogP contribution is 2.16. The highest BCUT2D eigenvalue weighted by Gasteiger charge is 2.20. The van der Waals surface area contributed by atoms with Gasteiger partial charge in [0.1, 0.15) is 0 Å². The summed E-state index contributed by atoms with van der Waals surface area (Å²) in [4.78, 5) is 0.268. The van der Waals surface area contributed by atoms with Gasteiger partial charge in [0.05, 0.1) is 4.90 Å². The molecule has 2 rings (SSSR count). The molecule has 18 heavy (non-hydrogen) atoms. The maximum Gasteiger partial charge on any atom is 0.240 e. The van der Waals surface area contributed by atoms with Gasteiger partial charge in [-0.2, -0.15) is 0 Å². The number of benzene rings is 1. The summed E-state index contributed by atoms with van der Waals surface area (Å²) in [5.41, 5.74) is 0. The highest BCUT2D eigenvalue weighted by atomic mass is 35.5. The van der Waals surface area contributed by atoms with Crippen LogP contribution in [0.1, 0.15) is 19.3 Å². The summed E-state index contributed by atoms with van der Waals surface area (Å²) < 4.78 is 27.1. The molecule has 0 aromatic heterocycles. The molecular weight excluding hydrogens is 272 g/mol. The van der Waals surface area contributed by atoms with Crippen LogP contribution >= 0.6 is 11.6 Å². The van der Waals surface area contributed by atoms with E-state index in [1.54, 1.807) is 12.1 Å². The monoisotopic (exact) mass is 288 g/mol. The van der Waals surface area contributed by atoms with E-state index in [1.807, 2.05) is 0 Å². The van der Waals surface area contributed by atoms with Gasteiger partial charge in [-0.25, -0.2) is 13.1 Å². The van der Waals surface area contributed by atoms with E-state index in [-0.39, 0.29) is 10.9 Å². The lowest BCUT2D eigenvalue weighted by Crippen LogP contribution is -2.35. The Morgan fingerprint density at radius 2 is 1.89 bits per heavy atom. The zero-order valence-electron chi connectivity index (χ0n) is 10.0. The second-order valence-electron chi connectivity index (χ2n) is 4.45. The summed E-state index contributed by atoms with van der Waals surface area (Å²) in [5, 5.41) is 3.79. The van der Waals surface area contributed by atoms with Crippen LogP contribution in [0.15, 0.2) is 29.2 Å². The summed E-state index contributed by atoms with van der Waals surface area (Å²) in [6, 6.07) is 6.25. The fourth-order valence-corrected chi connectivity index (χ4v) is 3.47. The third-order valence-corrected chi connectivity index (χ3v) is 4.81. The van der Waals surface area contributed by atoms with Gasteiger partial charge in [0.25, 0.3) is 0 Å². The molecule has 0 amide bonds. The Balaban J connectivity index is 2.08. The van der Waals surface area contributed by atoms with Crippen molar-refractivity contribution < 1.29 is 8.42 Å². The zero-order valence-corrected chi connectivity index (χ0v) is 11.6. The van der Waals surface area contributed by atoms with Gasteiger partial charge >= 0.3 is 0 Å². The molecule has 4 nitrogen and oxygen atoms in total. The van der Waals surface area contributed by atoms with E-state index in [2.05, 4.69) is 10.0 Å². The topological polar surface area (TPSA) is 58.2 Å². The summed E-state index contributed by atoms with van der Waals surface area (Å²) in [6.07, 6.45) is 2.69. The number of nitrogens with one attached hydrogen (secondary N) is 2. The van der Waals surface area contributed by atoms with Crippen molar-refractivity contribution in [2.24, 2.45) is 0 Å². The first-order valence-corrected chi connectivity index (χ1v) is 7.93. The standard InChI is InChI=1S/C12H17ClN2O2S/c13-10-3-5-12(6-4-10)18(16,17)15-11-2-1-8-14-9-7-11/h3-6,11,14-15H,1-2,7-9H2. The van der Waals surface area contributed by atoms with Crippen LogP contribution in [-0.2, 0) is 10.0 Å². The SMILES string of the molecule is O=S(=O)(NC1CCCNCC1)c1ccc(Cl)cc1. The Hall–Kier alpha value is -0.620. The average molecular weight is 289 g/mol. The quantitative estimate of drug-likeness (QED) is 0.891. The Bertz CT molecular complexity index is 479. The van der Waals surface area contributed by atoms with Gasteiger partial charge in [-0.1, -0.05) is 11.6 Å². The van der Waals surface area contributed by atoms with Crippen LogP contribution in [0.4, 0.5) is 0 Å². The molecule has 1 heterocycles. The largest absolute Gasteiger partial charge is 0.317 e. The molecule has 1 atom stereocenters. The minimum atomic E-state index is -3.43. The third kappa shape index (κ3) is 3.68. The molecule has 0 aliphatic carbocycles. The molecule has 1 aromatic rings. The molecule has 1 aliphatic heterocycles. The average Bonchev–Trinajstić information content (AvgIpc) is 2.57. The van der Waals surface area contributed by atoms with Gasteiger partial charge in [0, 0.05) is 11.1 Å². The molecule has 1 aromatic carbocycles. The Morgan fingerprint density at radius 1 is 1.17 bits per heavy atom. The predicted molar refractivity (Wildman–Crippen MR) is 72.3 cm³/mol. The molecule has 0 spiro atoms. The number of hydrogen-bond donors (Lipinski definition) is 2. The van der Waals surface area contributed by atoms with Gasteiger partial charge in [-0.3, -0.25) is 0 Å². The first-order valence-electron chi connectivity index (χ1n) is 6.06. The van der Waals surface area contributed by atoms with Gasteiger partial charge in [-0.15, -0.1) is 0 Å². The van der Waals surface area contributed by atoms with Crippen LogP contribution < -0.4 is 10.0 Å². The Kier molecular flexibility index (Phi) is 4.61. The maximum absolute atomic E-state index is 12.1. The van der Waals surface area contributed by atoms with Crippen molar-refractivity contribution in [2.45, 2.75) is 30.2 Å². The van der Waals surface area contributed by atoms with Crippen LogP contribution in [0.2, 0.25) is 5.02 Å². The van der Waals surface area contributed by atoms with Crippen molar-refractivity contribution >= 4 is 21.6 Å². The van der Waals surface area contributed by atoms with E-state index in [1.165, 1.54) is 12.1 Å². The molecule has 1 aliphatic rings. The van der Waals surface area contributed by atoms with Crippen LogP contribution in [0.5, 0.6) is 0 Å². The molecule has 1 saturated heterocycles. The minimum Gasteiger partial charge on any atom is -0.317 e. The normalized spacial score (nSPS) is 21.5. The highest BCUT2D eigenvalue weighted by molar-refractivity contribution is 7.89. The molecule has 1 fully saturated rings. The fourth-order valence-electron chi connectivity index (χ4n) is 2.04. The van der Waals surface area contributed by atoms with Crippen LogP contribution in [0.25, 0.3) is 0 Å². The Labute approximate surface area is 113 Å². The summed E-state index contributed by atoms with van der Waals surface area (Å²) in [5.74, 6) is 0. The lowest BCUT2D eigenvalue weighted by molar-refractivity contribution is 0.518. The van der Waals surface area contributed by atoms with Gasteiger partial charge in [-0.05, 0) is 56.6 Å². The summed E-state index contributed by atoms with van der Waals surface area (Å²) in [7, 11) is -3.43. The summed E-state index contributed by atoms with van der Waals surface area (Å²) in [6.45, 7) is 1.81. The fraction of sp³-hybridized carbons (Fsp3) is 0.500. The van der Waals surface area contributed by atoms with Crippen LogP contribution in [0, 0.1) is 0 Å². The van der Waals surface area contributed by atoms with Crippen molar-refractivity contribution in [3.63, 3.8) is 0 Å². The zero-order chi connectivity index (χ0) is 13.0. The number of hydrogen-bond acceptors (Lipinski definition) is 3. The van der Waals surface area contributed by atoms with Crippen molar-refractivity contribution in [3.05, 3.63) is 29.3 Å². The van der Waals surface area contributed by atoms with E-state index in [0.717, 1.165) is 32.4 Å². The van der Waals surface area contributed by atoms with Crippen molar-refractivity contribution in [3.8, 4) is 0 Å². The number of sulfonamides is 1. The second kappa shape index (κ2) is 6.02. The van der Waals surface area contributed by atoms with E-state index in [0.29, 0.717) is 5.02 Å². The van der Waals surface area contributed by atoms with Crippen molar-refractivity contribution in [1.82, 2.24) is 10.0 Å². The van der Waals surface area contributed by atoms with Gasteiger partial charge < -0.3 is 5.32 Å². The van der Waals surface area contributed by atoms with Gasteiger partial charge in [0.15, 0.2) is 0 Å². The van der Waals surface area contributed by atoms with E-state index >= 15 is 0 Å². The Morgan fingerprint density at radius 3 is 2.61 bits per heavy atom. The smallest absolute Gasteiger partial charge is 0.240 e. The second-order valence-corrected chi connectivity index (χ2v) is 6.60. The molecule has 0 radical (unpaired) electrons. The molecule has 2 N–H and O–H groups in total. The lowest BCUT2D eigenvalue weighted by Gasteiger charge is -2.16. The van der Waals surface area contributed by atoms with E-state index < -0.39 is 10.0 Å². The van der Waals surface area contributed by atoms with Crippen molar-refractivity contribution in [2.75, 3.05) is 13.1 Å². The van der Waals surface area contributed by atoms with E-state index in [9.17, 15) is 8.42 Å². The molecular formula is C12H17ClN2O2S. The lowest BCUT2D eigenvalue weighted by atomic mass is 10.1. The molecule has 0 saturated carbocycles. The maximum atomic E-state index is 12.1. The van der Waals surface area contributed by atoms with Crippen LogP contribution in [-0.4, -0.2) is 27.5 Å². The van der Waals surface area contributed by atoms with Gasteiger partial charge in [0.2, 0.25) is 10.0 Å². The third-order valence-electron chi connectivity index (χ3n) is 3.02. The molecule has 100 valence electrons. The van der Waals surface area contributed by atoms with Crippen LogP contribution in [0.3, 0.4) is 0 Å². The molecule has 6 heteroatoms. The predicted octanol–water partition coefficient (Wildman–Crippen LogP) is 1.76.